The molecule has 5 nitrogen and oxygen atoms in total. The summed E-state index contributed by atoms with van der Waals surface area (Å²) < 4.78 is 26.5. The molecule has 0 radical (unpaired) electrons. The van der Waals surface area contributed by atoms with E-state index >= 15 is 0 Å². The molecule has 6 heteroatoms. The van der Waals surface area contributed by atoms with Gasteiger partial charge in [0, 0.05) is 18.8 Å². The Morgan fingerprint density at radius 2 is 2.25 bits per heavy atom. The Morgan fingerprint density at radius 1 is 1.45 bits per heavy atom. The van der Waals surface area contributed by atoms with Gasteiger partial charge >= 0.3 is 0 Å². The predicted octanol–water partition coefficient (Wildman–Crippen LogP) is 1.39. The predicted molar refractivity (Wildman–Crippen MR) is 80.5 cm³/mol. The van der Waals surface area contributed by atoms with Gasteiger partial charge in [-0.2, -0.15) is 5.10 Å². The van der Waals surface area contributed by atoms with Gasteiger partial charge in [-0.3, -0.25) is 4.68 Å². The number of likely N-dealkylation sites (N-methyl/N-ethyl adjacent to an activating group) is 1. The van der Waals surface area contributed by atoms with Crippen LogP contribution in [-0.2, 0) is 22.8 Å². The molecule has 1 aromatic heterocycles. The molecule has 0 aromatic carbocycles. The number of nitrogens with zero attached hydrogens (tertiary/aromatic N) is 2. The molecule has 2 heterocycles. The number of rotatable bonds is 6. The first-order valence-corrected chi connectivity index (χ1v) is 9.24. The molecule has 1 N–H and O–H groups in total. The summed E-state index contributed by atoms with van der Waals surface area (Å²) in [7, 11) is -2.95. The normalized spacial score (nSPS) is 23.6. The first-order valence-electron chi connectivity index (χ1n) is 7.53. The highest BCUT2D eigenvalue weighted by Crippen LogP contribution is 2.24. The molecule has 114 valence electrons. The lowest BCUT2D eigenvalue weighted by atomic mass is 10.0. The molecule has 2 rings (SSSR count). The molecule has 1 aliphatic heterocycles. The van der Waals surface area contributed by atoms with E-state index in [-0.39, 0.29) is 11.3 Å². The third kappa shape index (κ3) is 3.61. The highest BCUT2D eigenvalue weighted by Gasteiger charge is 2.35. The van der Waals surface area contributed by atoms with E-state index in [0.29, 0.717) is 5.75 Å². The standard InChI is InChI=1S/C14H25N3O2S/c1-3-15-13(9-12-10-16-17(4-2)11-12)14-7-5-6-8-20(14,18)19/h10-11,13-15H,3-9H2,1-2H3. The lowest BCUT2D eigenvalue weighted by Crippen LogP contribution is -2.47. The number of nitrogens with one attached hydrogen (secondary N) is 1. The third-order valence-corrected chi connectivity index (χ3v) is 6.35. The van der Waals surface area contributed by atoms with Crippen molar-refractivity contribution in [1.82, 2.24) is 15.1 Å². The average Bonchev–Trinajstić information content (AvgIpc) is 2.85. The van der Waals surface area contributed by atoms with Crippen molar-refractivity contribution in [3.8, 4) is 0 Å². The lowest BCUT2D eigenvalue weighted by molar-refractivity contribution is 0.441. The van der Waals surface area contributed by atoms with Crippen LogP contribution in [0, 0.1) is 0 Å². The Labute approximate surface area is 121 Å². The Hall–Kier alpha value is -0.880. The van der Waals surface area contributed by atoms with Crippen molar-refractivity contribution in [2.75, 3.05) is 12.3 Å². The number of hydrogen-bond donors (Lipinski definition) is 1. The minimum absolute atomic E-state index is 0.000180. The van der Waals surface area contributed by atoms with Gasteiger partial charge in [0.1, 0.15) is 0 Å². The Morgan fingerprint density at radius 3 is 2.85 bits per heavy atom. The molecule has 1 saturated heterocycles. The summed E-state index contributed by atoms with van der Waals surface area (Å²) in [5, 5.41) is 7.39. The second kappa shape index (κ2) is 6.72. The van der Waals surface area contributed by atoms with E-state index in [4.69, 9.17) is 0 Å². The highest BCUT2D eigenvalue weighted by atomic mass is 32.2. The molecule has 1 aromatic rings. The fourth-order valence-electron chi connectivity index (χ4n) is 2.97. The molecular weight excluding hydrogens is 274 g/mol. The molecular formula is C14H25N3O2S. The smallest absolute Gasteiger partial charge is 0.154 e. The molecule has 0 aliphatic carbocycles. The van der Waals surface area contributed by atoms with Gasteiger partial charge in [-0.15, -0.1) is 0 Å². The van der Waals surface area contributed by atoms with Gasteiger partial charge in [0.15, 0.2) is 9.84 Å². The summed E-state index contributed by atoms with van der Waals surface area (Å²) in [6.45, 7) is 5.70. The fraction of sp³-hybridized carbons (Fsp3) is 0.786. The summed E-state index contributed by atoms with van der Waals surface area (Å²) >= 11 is 0. The Bertz CT molecular complexity index is 524. The van der Waals surface area contributed by atoms with Crippen LogP contribution in [0.2, 0.25) is 0 Å². The second-order valence-electron chi connectivity index (χ2n) is 5.47. The molecule has 2 atom stereocenters. The third-order valence-electron chi connectivity index (χ3n) is 4.01. The van der Waals surface area contributed by atoms with Crippen LogP contribution in [0.3, 0.4) is 0 Å². The zero-order valence-corrected chi connectivity index (χ0v) is 13.2. The van der Waals surface area contributed by atoms with Gasteiger partial charge in [0.05, 0.1) is 17.2 Å². The van der Waals surface area contributed by atoms with Crippen LogP contribution in [0.25, 0.3) is 0 Å². The molecule has 1 aliphatic rings. The van der Waals surface area contributed by atoms with E-state index < -0.39 is 9.84 Å². The highest BCUT2D eigenvalue weighted by molar-refractivity contribution is 7.92. The van der Waals surface area contributed by atoms with Crippen LogP contribution in [0.4, 0.5) is 0 Å². The number of hydrogen-bond acceptors (Lipinski definition) is 4. The van der Waals surface area contributed by atoms with Crippen molar-refractivity contribution in [1.29, 1.82) is 0 Å². The Balaban J connectivity index is 2.13. The minimum atomic E-state index is -2.95. The van der Waals surface area contributed by atoms with Crippen molar-refractivity contribution in [2.45, 2.75) is 57.4 Å². The summed E-state index contributed by atoms with van der Waals surface area (Å²) in [6, 6.07) is -0.000180. The monoisotopic (exact) mass is 299 g/mol. The molecule has 0 amide bonds. The maximum Gasteiger partial charge on any atom is 0.154 e. The maximum atomic E-state index is 12.3. The van der Waals surface area contributed by atoms with Gasteiger partial charge in [0.25, 0.3) is 0 Å². The van der Waals surface area contributed by atoms with Gasteiger partial charge < -0.3 is 5.32 Å². The van der Waals surface area contributed by atoms with Gasteiger partial charge in [-0.05, 0) is 38.3 Å². The van der Waals surface area contributed by atoms with Gasteiger partial charge in [0.2, 0.25) is 0 Å². The molecule has 2 unspecified atom stereocenters. The summed E-state index contributed by atoms with van der Waals surface area (Å²) in [6.07, 6.45) is 7.20. The van der Waals surface area contributed by atoms with Crippen LogP contribution >= 0.6 is 0 Å². The van der Waals surface area contributed by atoms with E-state index in [2.05, 4.69) is 10.4 Å². The average molecular weight is 299 g/mol. The first kappa shape index (κ1) is 15.5. The topological polar surface area (TPSA) is 64.0 Å². The van der Waals surface area contributed by atoms with Gasteiger partial charge in [-0.25, -0.2) is 8.42 Å². The number of sulfone groups is 1. The van der Waals surface area contributed by atoms with Crippen LogP contribution in [-0.4, -0.2) is 41.8 Å². The number of aromatic nitrogens is 2. The summed E-state index contributed by atoms with van der Waals surface area (Å²) in [5.74, 6) is 0.341. The molecule has 0 spiro atoms. The quantitative estimate of drug-likeness (QED) is 0.862. The molecule has 0 saturated carbocycles. The summed E-state index contributed by atoms with van der Waals surface area (Å²) in [5.41, 5.74) is 1.11. The largest absolute Gasteiger partial charge is 0.313 e. The van der Waals surface area contributed by atoms with E-state index in [0.717, 1.165) is 44.3 Å². The zero-order valence-electron chi connectivity index (χ0n) is 12.4. The van der Waals surface area contributed by atoms with E-state index in [1.807, 2.05) is 30.9 Å². The zero-order chi connectivity index (χ0) is 14.6. The first-order chi connectivity index (χ1) is 9.56. The SMILES string of the molecule is CCNC(Cc1cnn(CC)c1)C1CCCCS1(=O)=O. The van der Waals surface area contributed by atoms with Crippen molar-refractivity contribution >= 4 is 9.84 Å². The van der Waals surface area contributed by atoms with E-state index in [1.54, 1.807) is 0 Å². The van der Waals surface area contributed by atoms with Crippen LogP contribution in [0.15, 0.2) is 12.4 Å². The van der Waals surface area contributed by atoms with Gasteiger partial charge in [-0.1, -0.05) is 13.3 Å². The van der Waals surface area contributed by atoms with Crippen LogP contribution < -0.4 is 5.32 Å². The van der Waals surface area contributed by atoms with E-state index in [9.17, 15) is 8.42 Å². The fourth-order valence-corrected chi connectivity index (χ4v) is 5.10. The van der Waals surface area contributed by atoms with Crippen molar-refractivity contribution in [2.24, 2.45) is 0 Å². The van der Waals surface area contributed by atoms with E-state index in [1.165, 1.54) is 0 Å². The van der Waals surface area contributed by atoms with Crippen molar-refractivity contribution < 1.29 is 8.42 Å². The molecule has 1 fully saturated rings. The minimum Gasteiger partial charge on any atom is -0.313 e. The molecule has 20 heavy (non-hydrogen) atoms. The van der Waals surface area contributed by atoms with Crippen LogP contribution in [0.5, 0.6) is 0 Å². The van der Waals surface area contributed by atoms with Crippen molar-refractivity contribution in [3.05, 3.63) is 18.0 Å². The maximum absolute atomic E-state index is 12.3. The lowest BCUT2D eigenvalue weighted by Gasteiger charge is -2.30. The summed E-state index contributed by atoms with van der Waals surface area (Å²) in [4.78, 5) is 0. The van der Waals surface area contributed by atoms with Crippen molar-refractivity contribution in [3.63, 3.8) is 0 Å². The molecule has 0 bridgehead atoms. The van der Waals surface area contributed by atoms with Crippen LogP contribution in [0.1, 0.15) is 38.7 Å². The Kier molecular flexibility index (Phi) is 5.21. The number of aryl methyl sites for hydroxylation is 1. The second-order valence-corrected chi connectivity index (χ2v) is 7.81.